The van der Waals surface area contributed by atoms with Gasteiger partial charge in [-0.05, 0) is 50.2 Å². The molecule has 0 atom stereocenters. The predicted molar refractivity (Wildman–Crippen MR) is 189 cm³/mol. The summed E-state index contributed by atoms with van der Waals surface area (Å²) >= 11 is 2.83. The van der Waals surface area contributed by atoms with Crippen LogP contribution in [0.15, 0.2) is 121 Å². The van der Waals surface area contributed by atoms with Crippen LogP contribution in [0.2, 0.25) is 0 Å². The Hall–Kier alpha value is -5.69. The maximum Gasteiger partial charge on any atom is 0.375 e. The number of aldehydes is 1. The average Bonchev–Trinajstić information content (AvgIpc) is 3.82. The molecule has 0 amide bonds. The van der Waals surface area contributed by atoms with Crippen LogP contribution in [-0.2, 0) is 19.1 Å². The second-order valence-corrected chi connectivity index (χ2v) is 9.33. The normalized spacial score (nSPS) is 9.56. The van der Waals surface area contributed by atoms with Gasteiger partial charge in [-0.15, -0.1) is 0 Å². The number of aromatic nitrogens is 4. The minimum absolute atomic E-state index is 0. The molecule has 0 radical (unpaired) electrons. The minimum Gasteiger partial charge on any atom is -0.461 e. The van der Waals surface area contributed by atoms with Crippen LogP contribution in [0.4, 0.5) is 5.69 Å². The summed E-state index contributed by atoms with van der Waals surface area (Å²) in [6, 6.07) is 29.0. The second kappa shape index (κ2) is 23.6. The standard InChI is InChI=1S/C12H12N2O2.C10H8N2O.C7H8N2.C5H7BrO3.CH4/c1-2-16-12(15)11-8-14(9-13-11)10-6-4-3-5-7-10;13-7-9-6-12(8-11-9)10-4-2-1-3-5-10;8-6-9-7-4-2-1-3-5-7;1-2-9-5(8)4(7)3-6;/h3-9H,2H2,1H3;1-8H;1-6H,(H2,8,9);2-3H2,1H3;1H4. The Morgan fingerprint density at radius 3 is 1.75 bits per heavy atom. The van der Waals surface area contributed by atoms with E-state index in [1.54, 1.807) is 43.5 Å². The molecular weight excluding hydrogens is 680 g/mol. The number of aliphatic imine (C=N–C) groups is 1. The maximum atomic E-state index is 11.4. The van der Waals surface area contributed by atoms with Crippen molar-refractivity contribution >= 4 is 52.0 Å². The fourth-order valence-electron chi connectivity index (χ4n) is 3.38. The van der Waals surface area contributed by atoms with Gasteiger partial charge in [0.1, 0.15) is 18.3 Å². The molecular formula is C35H39BrN6O6. The Kier molecular flexibility index (Phi) is 19.8. The molecule has 252 valence electrons. The predicted octanol–water partition coefficient (Wildman–Crippen LogP) is 6.19. The number of rotatable bonds is 9. The van der Waals surface area contributed by atoms with Crippen LogP contribution in [0.1, 0.15) is 42.3 Å². The number of ketones is 1. The van der Waals surface area contributed by atoms with Crippen molar-refractivity contribution in [1.82, 2.24) is 19.1 Å². The molecule has 0 fully saturated rings. The molecule has 2 aromatic heterocycles. The molecule has 0 bridgehead atoms. The quantitative estimate of drug-likeness (QED) is 0.0468. The fourth-order valence-corrected chi connectivity index (χ4v) is 3.61. The van der Waals surface area contributed by atoms with Crippen molar-refractivity contribution in [2.45, 2.75) is 21.3 Å². The number of carbonyl (C=O) groups excluding carboxylic acids is 4. The van der Waals surface area contributed by atoms with Gasteiger partial charge >= 0.3 is 11.9 Å². The number of hydrogen-bond donors (Lipinski definition) is 1. The van der Waals surface area contributed by atoms with E-state index in [-0.39, 0.29) is 19.4 Å². The Morgan fingerprint density at radius 2 is 1.29 bits per heavy atom. The number of nitrogens with two attached hydrogens (primary N) is 1. The van der Waals surface area contributed by atoms with Gasteiger partial charge in [0.05, 0.1) is 30.6 Å². The van der Waals surface area contributed by atoms with E-state index in [2.05, 4.69) is 35.6 Å². The first kappa shape index (κ1) is 40.3. The van der Waals surface area contributed by atoms with Crippen LogP contribution in [-0.4, -0.2) is 68.0 Å². The van der Waals surface area contributed by atoms with Crippen LogP contribution in [0.5, 0.6) is 0 Å². The molecule has 12 nitrogen and oxygen atoms in total. The van der Waals surface area contributed by atoms with Crippen LogP contribution < -0.4 is 5.73 Å². The molecule has 48 heavy (non-hydrogen) atoms. The van der Waals surface area contributed by atoms with E-state index in [9.17, 15) is 19.2 Å². The highest BCUT2D eigenvalue weighted by atomic mass is 79.9. The number of imidazole rings is 2. The number of benzene rings is 3. The average molecular weight is 720 g/mol. The SMILES string of the molecule is C.CCOC(=O)C(=O)CBr.CCOC(=O)c1cn(-c2ccccc2)cn1.NC=Nc1ccccc1.O=Cc1cn(-c2ccccc2)cn1. The van der Waals surface area contributed by atoms with Gasteiger partial charge in [-0.1, -0.05) is 78.0 Å². The number of hydrogen-bond acceptors (Lipinski definition) is 9. The first-order valence-corrected chi connectivity index (χ1v) is 15.3. The van der Waals surface area contributed by atoms with Crippen LogP contribution in [0, 0.1) is 0 Å². The van der Waals surface area contributed by atoms with Crippen molar-refractivity contribution < 1.29 is 28.7 Å². The first-order valence-electron chi connectivity index (χ1n) is 14.2. The van der Waals surface area contributed by atoms with Gasteiger partial charge in [-0.2, -0.15) is 0 Å². The Morgan fingerprint density at radius 1 is 0.792 bits per heavy atom. The molecule has 0 aliphatic carbocycles. The number of nitrogens with zero attached hydrogens (tertiary/aromatic N) is 5. The maximum absolute atomic E-state index is 11.4. The third kappa shape index (κ3) is 14.6. The van der Waals surface area contributed by atoms with E-state index >= 15 is 0 Å². The van der Waals surface area contributed by atoms with Gasteiger partial charge in [0.25, 0.3) is 0 Å². The van der Waals surface area contributed by atoms with Crippen LogP contribution in [0.3, 0.4) is 0 Å². The topological polar surface area (TPSA) is 161 Å². The lowest BCUT2D eigenvalue weighted by Crippen LogP contribution is -2.17. The van der Waals surface area contributed by atoms with Gasteiger partial charge in [0.2, 0.25) is 5.78 Å². The lowest BCUT2D eigenvalue weighted by Gasteiger charge is -1.99. The Balaban J connectivity index is 0.000000328. The van der Waals surface area contributed by atoms with Gasteiger partial charge < -0.3 is 24.3 Å². The summed E-state index contributed by atoms with van der Waals surface area (Å²) in [6.07, 6.45) is 8.60. The van der Waals surface area contributed by atoms with E-state index in [1.165, 1.54) is 6.34 Å². The molecule has 3 aromatic carbocycles. The zero-order valence-electron chi connectivity index (χ0n) is 25.9. The highest BCUT2D eigenvalue weighted by molar-refractivity contribution is 9.09. The van der Waals surface area contributed by atoms with Gasteiger partial charge in [0.15, 0.2) is 12.0 Å². The summed E-state index contributed by atoms with van der Waals surface area (Å²) in [4.78, 5) is 54.3. The number of para-hydroxylation sites is 3. The lowest BCUT2D eigenvalue weighted by atomic mass is 10.3. The number of carbonyl (C=O) groups is 4. The summed E-state index contributed by atoms with van der Waals surface area (Å²) in [6.45, 7) is 4.03. The van der Waals surface area contributed by atoms with Gasteiger partial charge in [-0.3, -0.25) is 9.59 Å². The van der Waals surface area contributed by atoms with Gasteiger partial charge in [-0.25, -0.2) is 24.5 Å². The largest absolute Gasteiger partial charge is 0.461 e. The molecule has 13 heteroatoms. The first-order chi connectivity index (χ1) is 22.9. The smallest absolute Gasteiger partial charge is 0.375 e. The van der Waals surface area contributed by atoms with Crippen molar-refractivity contribution in [3.63, 3.8) is 0 Å². The van der Waals surface area contributed by atoms with Crippen LogP contribution in [0.25, 0.3) is 11.4 Å². The second-order valence-electron chi connectivity index (χ2n) is 8.77. The number of alkyl halides is 1. The number of ether oxygens (including phenoxy) is 2. The summed E-state index contributed by atoms with van der Waals surface area (Å²) in [5, 5.41) is 0.0336. The van der Waals surface area contributed by atoms with Crippen molar-refractivity contribution in [3.8, 4) is 11.4 Å². The fraction of sp³-hybridized carbons (Fsp3) is 0.171. The summed E-state index contributed by atoms with van der Waals surface area (Å²) in [5.74, 6) is -1.71. The minimum atomic E-state index is -0.769. The molecule has 2 heterocycles. The zero-order chi connectivity index (χ0) is 34.3. The van der Waals surface area contributed by atoms with Crippen molar-refractivity contribution in [1.29, 1.82) is 0 Å². The van der Waals surface area contributed by atoms with Crippen LogP contribution >= 0.6 is 15.9 Å². The van der Waals surface area contributed by atoms with E-state index < -0.39 is 17.7 Å². The van der Waals surface area contributed by atoms with E-state index in [0.29, 0.717) is 18.0 Å². The monoisotopic (exact) mass is 718 g/mol. The number of halogens is 1. The highest BCUT2D eigenvalue weighted by Crippen LogP contribution is 2.09. The molecule has 0 saturated heterocycles. The highest BCUT2D eigenvalue weighted by Gasteiger charge is 2.11. The molecule has 2 N–H and O–H groups in total. The summed E-state index contributed by atoms with van der Waals surface area (Å²) in [7, 11) is 0. The molecule has 0 aliphatic heterocycles. The summed E-state index contributed by atoms with van der Waals surface area (Å²) in [5.41, 5.74) is 8.70. The molecule has 0 unspecified atom stereocenters. The van der Waals surface area contributed by atoms with Crippen molar-refractivity contribution in [2.75, 3.05) is 18.5 Å². The third-order valence-corrected chi connectivity index (χ3v) is 6.01. The molecule has 5 aromatic rings. The Labute approximate surface area is 288 Å². The number of esters is 2. The molecule has 0 spiro atoms. The van der Waals surface area contributed by atoms with E-state index in [4.69, 9.17) is 10.5 Å². The lowest BCUT2D eigenvalue weighted by molar-refractivity contribution is -0.152. The van der Waals surface area contributed by atoms with E-state index in [1.807, 2.05) is 95.6 Å². The third-order valence-electron chi connectivity index (χ3n) is 5.50. The summed E-state index contributed by atoms with van der Waals surface area (Å²) < 4.78 is 12.8. The Bertz CT molecular complexity index is 1680. The molecule has 5 rings (SSSR count). The molecule has 0 aliphatic rings. The number of Topliss-reactive ketones (excluding diaryl/α,β-unsaturated/α-hetero) is 1. The van der Waals surface area contributed by atoms with Crippen molar-refractivity contribution in [2.24, 2.45) is 10.7 Å². The van der Waals surface area contributed by atoms with E-state index in [0.717, 1.165) is 23.3 Å². The zero-order valence-corrected chi connectivity index (χ0v) is 27.5. The van der Waals surface area contributed by atoms with Crippen molar-refractivity contribution in [3.05, 3.63) is 127 Å². The molecule has 0 saturated carbocycles. The van der Waals surface area contributed by atoms with Gasteiger partial charge in [0, 0.05) is 23.8 Å².